The van der Waals surface area contributed by atoms with Gasteiger partial charge in [-0.2, -0.15) is 0 Å². The normalized spacial score (nSPS) is 14.3. The molecule has 0 unspecified atom stereocenters. The van der Waals surface area contributed by atoms with Crippen LogP contribution in [0, 0.1) is 0 Å². The Bertz CT molecular complexity index is 3110. The summed E-state index contributed by atoms with van der Waals surface area (Å²) in [7, 11) is 0. The number of nitrogens with two attached hydrogens (primary N) is 4. The number of hydrogen-bond donors (Lipinski definition) is 25. The van der Waals surface area contributed by atoms with E-state index in [1.54, 1.807) is 16.0 Å². The standard InChI is InChI=1S/C51H74N16O32/c1-17(70)56-24(11-36(80)81)46(94)61-22(9-31(53)72)44(92)64-27(14-39(86)87)49(97)67-28(15-68)50(98)59-20(4-7-35(78)79)43(91)63-26(13-38(84)85)48(96)62-23(10-32(54)73)45(93)66-29(16-69)51(99)65-25(12-37(82)83)47(95)58-18(2-5-33(74)75)41(89)57-19(3-6-34(76)77)42(90)60-21(40(55)88)8-30(52)71/h18-29,68-69H,2-16H2,1H3,(H2,52,71)(H2,53,72)(H2,54,73)(H2,55,88)(H,56,70)(H,57,89)(H,58,95)(H,59,98)(H,60,90)(H,61,94)(H,62,96)(H,63,91)(H,64,92)(H,65,99)(H,66,93)(H,67,97)(H,74,75)(H,76,77)(H,78,79)(H,80,81)(H,82,83)(H,84,85)(H,86,87)/t18-,19-,20-,21-,22-,23-,24-,25-,26-,27-,28-,29-/m1/s1. The largest absolute Gasteiger partial charge is 0.481 e. The number of rotatable bonds is 49. The molecule has 16 amide bonds. The maximum absolute atomic E-state index is 13.8. The maximum Gasteiger partial charge on any atom is 0.305 e. The molecule has 0 fully saturated rings. The zero-order valence-corrected chi connectivity index (χ0v) is 51.8. The van der Waals surface area contributed by atoms with Crippen LogP contribution in [0.3, 0.4) is 0 Å². The van der Waals surface area contributed by atoms with E-state index in [1.165, 1.54) is 0 Å². The minimum absolute atomic E-state index is 0.786. The molecule has 0 saturated heterocycles. The zero-order valence-electron chi connectivity index (χ0n) is 51.8. The highest BCUT2D eigenvalue weighted by Crippen LogP contribution is 2.10. The van der Waals surface area contributed by atoms with Gasteiger partial charge in [0.25, 0.3) is 0 Å². The smallest absolute Gasteiger partial charge is 0.305 e. The highest BCUT2D eigenvalue weighted by Gasteiger charge is 2.39. The van der Waals surface area contributed by atoms with Crippen molar-refractivity contribution in [1.82, 2.24) is 63.8 Å². The fourth-order valence-electron chi connectivity index (χ4n) is 8.02. The highest BCUT2D eigenvalue weighted by atomic mass is 16.4. The number of carbonyl (C=O) groups is 23. The Labute approximate surface area is 554 Å². The molecule has 48 nitrogen and oxygen atoms in total. The van der Waals surface area contributed by atoms with E-state index in [-0.39, 0.29) is 0 Å². The van der Waals surface area contributed by atoms with E-state index >= 15 is 0 Å². The third-order valence-corrected chi connectivity index (χ3v) is 12.7. The molecular formula is C51H74N16O32. The van der Waals surface area contributed by atoms with E-state index in [0.717, 1.165) is 6.92 Å². The van der Waals surface area contributed by atoms with Gasteiger partial charge in [0.2, 0.25) is 94.5 Å². The number of nitrogens with one attached hydrogen (secondary N) is 12. The maximum atomic E-state index is 13.8. The van der Waals surface area contributed by atoms with Crippen LogP contribution in [0.5, 0.6) is 0 Å². The van der Waals surface area contributed by atoms with Crippen molar-refractivity contribution in [1.29, 1.82) is 0 Å². The van der Waals surface area contributed by atoms with Crippen LogP contribution in [-0.4, -0.2) is 268 Å². The minimum Gasteiger partial charge on any atom is -0.481 e. The number of aliphatic hydroxyl groups is 2. The number of carboxylic acids is 7. The molecule has 0 spiro atoms. The Morgan fingerprint density at radius 1 is 0.242 bits per heavy atom. The third-order valence-electron chi connectivity index (χ3n) is 12.7. The van der Waals surface area contributed by atoms with Crippen molar-refractivity contribution >= 4 is 136 Å². The number of carbonyl (C=O) groups excluding carboxylic acids is 16. The van der Waals surface area contributed by atoms with Gasteiger partial charge in [-0.3, -0.25) is 110 Å². The first-order chi connectivity index (χ1) is 45.9. The molecule has 29 N–H and O–H groups in total. The summed E-state index contributed by atoms with van der Waals surface area (Å²) >= 11 is 0. The van der Waals surface area contributed by atoms with Gasteiger partial charge in [-0.25, -0.2) is 0 Å². The molecule has 0 rings (SSSR count). The van der Waals surface area contributed by atoms with Crippen molar-refractivity contribution in [2.75, 3.05) is 13.2 Å². The van der Waals surface area contributed by atoms with Crippen LogP contribution < -0.4 is 86.7 Å². The lowest BCUT2D eigenvalue weighted by Crippen LogP contribution is -2.62. The summed E-state index contributed by atoms with van der Waals surface area (Å²) in [6.45, 7) is -2.12. The molecular weight excluding hydrogens is 1350 g/mol. The summed E-state index contributed by atoms with van der Waals surface area (Å²) in [5.41, 5.74) is 20.6. The monoisotopic (exact) mass is 1420 g/mol. The molecule has 0 aliphatic rings. The Morgan fingerprint density at radius 3 is 0.606 bits per heavy atom. The average molecular weight is 1420 g/mol. The van der Waals surface area contributed by atoms with Crippen LogP contribution in [0.4, 0.5) is 0 Å². The lowest BCUT2D eigenvalue weighted by molar-refractivity contribution is -0.143. The molecule has 0 aromatic rings. The molecule has 550 valence electrons. The second-order valence-electron chi connectivity index (χ2n) is 20.9. The molecule has 0 aromatic carbocycles. The van der Waals surface area contributed by atoms with Gasteiger partial charge in [0.15, 0.2) is 0 Å². The van der Waals surface area contributed by atoms with Crippen molar-refractivity contribution in [2.45, 2.75) is 163 Å². The molecule has 99 heavy (non-hydrogen) atoms. The first kappa shape index (κ1) is 86.7. The number of amides is 16. The number of aliphatic hydroxyl groups excluding tert-OH is 2. The van der Waals surface area contributed by atoms with Crippen molar-refractivity contribution in [3.8, 4) is 0 Å². The number of hydrogen-bond acceptors (Lipinski definition) is 25. The Kier molecular flexibility index (Phi) is 37.6. The molecule has 0 bridgehead atoms. The van der Waals surface area contributed by atoms with Crippen LogP contribution in [0.1, 0.15) is 90.4 Å². The lowest BCUT2D eigenvalue weighted by Gasteiger charge is -2.27. The van der Waals surface area contributed by atoms with Crippen LogP contribution in [0.25, 0.3) is 0 Å². The molecule has 0 saturated carbocycles. The van der Waals surface area contributed by atoms with E-state index in [2.05, 4.69) is 0 Å². The van der Waals surface area contributed by atoms with Gasteiger partial charge in [-0.15, -0.1) is 0 Å². The summed E-state index contributed by atoms with van der Waals surface area (Å²) in [6.07, 6.45) is -14.3. The van der Waals surface area contributed by atoms with Gasteiger partial charge in [0.1, 0.15) is 72.5 Å². The van der Waals surface area contributed by atoms with Crippen LogP contribution in [-0.2, 0) is 110 Å². The van der Waals surface area contributed by atoms with Crippen molar-refractivity contribution < 1.29 is 156 Å². The molecule has 0 aromatic heterocycles. The van der Waals surface area contributed by atoms with Gasteiger partial charge in [-0.05, 0) is 19.3 Å². The minimum atomic E-state index is -2.45. The van der Waals surface area contributed by atoms with Gasteiger partial charge in [-0.1, -0.05) is 0 Å². The number of carboxylic acid groups (broad SMARTS) is 7. The summed E-state index contributed by atoms with van der Waals surface area (Å²) in [4.78, 5) is 289. The summed E-state index contributed by atoms with van der Waals surface area (Å²) in [5, 5.41) is 109. The summed E-state index contributed by atoms with van der Waals surface area (Å²) in [5.74, 6) is -36.0. The fourth-order valence-corrected chi connectivity index (χ4v) is 8.02. The van der Waals surface area contributed by atoms with Crippen LogP contribution >= 0.6 is 0 Å². The molecule has 12 atom stereocenters. The van der Waals surface area contributed by atoms with E-state index in [9.17, 15) is 156 Å². The predicted molar refractivity (Wildman–Crippen MR) is 313 cm³/mol. The molecule has 0 radical (unpaired) electrons. The highest BCUT2D eigenvalue weighted by molar-refractivity contribution is 6.03. The SMILES string of the molecule is CC(=O)N[C@H](CC(=O)O)C(=O)N[C@H](CC(N)=O)C(=O)N[C@H](CC(=O)O)C(=O)N[C@H](CO)C(=O)N[C@H](CCC(=O)O)C(=O)N[C@H](CC(=O)O)C(=O)N[C@H](CC(N)=O)C(=O)N[C@H](CO)C(=O)N[C@H](CC(=O)O)C(=O)N[C@H](CCC(=O)O)C(=O)N[C@H](CCC(=O)O)C(=O)N[C@H](CC(N)=O)C(N)=O. The molecule has 0 aliphatic heterocycles. The number of aliphatic carboxylic acids is 7. The first-order valence-electron chi connectivity index (χ1n) is 28.4. The second-order valence-corrected chi connectivity index (χ2v) is 20.9. The third kappa shape index (κ3) is 35.2. The Hall–Kier alpha value is -12.3. The first-order valence-corrected chi connectivity index (χ1v) is 28.4. The number of primary amides is 4. The Balaban J connectivity index is 6.92. The lowest BCUT2D eigenvalue weighted by atomic mass is 10.1. The topological polar surface area (TPSA) is 823 Å². The van der Waals surface area contributed by atoms with Crippen LogP contribution in [0.15, 0.2) is 0 Å². The van der Waals surface area contributed by atoms with Gasteiger partial charge in [0.05, 0.1) is 58.2 Å². The van der Waals surface area contributed by atoms with Gasteiger partial charge in [0, 0.05) is 26.2 Å². The molecule has 0 heterocycles. The zero-order chi connectivity index (χ0) is 76.3. The second kappa shape index (κ2) is 42.9. The molecule has 0 aliphatic carbocycles. The van der Waals surface area contributed by atoms with E-state index in [4.69, 9.17) is 22.9 Å². The average Bonchev–Trinajstić information content (AvgIpc) is 0.865. The van der Waals surface area contributed by atoms with Crippen molar-refractivity contribution in [2.24, 2.45) is 22.9 Å². The predicted octanol–water partition coefficient (Wildman–Crippen LogP) is -14.6. The van der Waals surface area contributed by atoms with E-state index in [1.807, 2.05) is 47.9 Å². The quantitative estimate of drug-likeness (QED) is 0.0269. The van der Waals surface area contributed by atoms with Crippen molar-refractivity contribution in [3.05, 3.63) is 0 Å². The fraction of sp³-hybridized carbons (Fsp3) is 0.549. The van der Waals surface area contributed by atoms with E-state index < -0.39 is 305 Å². The van der Waals surface area contributed by atoms with E-state index in [0.29, 0.717) is 0 Å². The van der Waals surface area contributed by atoms with Gasteiger partial charge >= 0.3 is 41.8 Å². The van der Waals surface area contributed by atoms with Crippen LogP contribution in [0.2, 0.25) is 0 Å². The summed E-state index contributed by atoms with van der Waals surface area (Å²) < 4.78 is 0. The summed E-state index contributed by atoms with van der Waals surface area (Å²) in [6, 6.07) is -26.3. The van der Waals surface area contributed by atoms with Gasteiger partial charge < -0.3 is 133 Å². The Morgan fingerprint density at radius 2 is 0.414 bits per heavy atom. The molecule has 48 heteroatoms. The van der Waals surface area contributed by atoms with Crippen molar-refractivity contribution in [3.63, 3.8) is 0 Å².